The van der Waals surface area contributed by atoms with E-state index in [1.54, 1.807) is 29.2 Å². The molecule has 37 heavy (non-hydrogen) atoms. The number of urea groups is 1. The van der Waals surface area contributed by atoms with Crippen LogP contribution in [0.5, 0.6) is 0 Å². The van der Waals surface area contributed by atoms with Crippen molar-refractivity contribution in [3.05, 3.63) is 47.4 Å². The third-order valence-corrected chi connectivity index (χ3v) is 6.30. The van der Waals surface area contributed by atoms with Gasteiger partial charge in [-0.25, -0.2) is 24.7 Å². The highest BCUT2D eigenvalue weighted by Crippen LogP contribution is 2.28. The molecule has 3 aromatic rings. The number of carbonyl (C=O) groups excluding carboxylic acids is 2. The van der Waals surface area contributed by atoms with Gasteiger partial charge in [0.25, 0.3) is 5.91 Å². The predicted octanol–water partition coefficient (Wildman–Crippen LogP) is 2.74. The smallest absolute Gasteiger partial charge is 0.326 e. The van der Waals surface area contributed by atoms with Crippen molar-refractivity contribution in [2.75, 3.05) is 66.5 Å². The number of ether oxygens (including phenoxy) is 2. The second kappa shape index (κ2) is 11.0. The van der Waals surface area contributed by atoms with Gasteiger partial charge in [0.2, 0.25) is 5.95 Å². The van der Waals surface area contributed by atoms with Crippen LogP contribution in [-0.2, 0) is 14.3 Å². The second-order valence-corrected chi connectivity index (χ2v) is 8.76. The molecule has 12 nitrogen and oxygen atoms in total. The molecule has 4 heterocycles. The maximum Gasteiger partial charge on any atom is 0.326 e. The number of hydrogen-bond acceptors (Lipinski definition) is 9. The fourth-order valence-electron chi connectivity index (χ4n) is 3.98. The van der Waals surface area contributed by atoms with E-state index in [1.165, 1.54) is 12.4 Å². The average molecular weight is 525 g/mol. The molecular formula is C24H25ClN8O4. The van der Waals surface area contributed by atoms with Gasteiger partial charge in [0.15, 0.2) is 5.82 Å². The molecule has 0 unspecified atom stereocenters. The van der Waals surface area contributed by atoms with Crippen molar-refractivity contribution in [2.24, 2.45) is 0 Å². The first-order valence-electron chi connectivity index (χ1n) is 11.7. The summed E-state index contributed by atoms with van der Waals surface area (Å²) in [5, 5.41) is 5.67. The van der Waals surface area contributed by atoms with Gasteiger partial charge < -0.3 is 24.6 Å². The lowest BCUT2D eigenvalue weighted by atomic mass is 10.2. The first-order valence-corrected chi connectivity index (χ1v) is 12.1. The average Bonchev–Trinajstić information content (AvgIpc) is 2.92. The molecule has 0 radical (unpaired) electrons. The Morgan fingerprint density at radius 3 is 2.38 bits per heavy atom. The molecule has 2 aromatic heterocycles. The van der Waals surface area contributed by atoms with Gasteiger partial charge in [-0.2, -0.15) is 0 Å². The molecule has 3 amide bonds. The highest BCUT2D eigenvalue weighted by atomic mass is 35.5. The number of carbonyl (C=O) groups is 2. The van der Waals surface area contributed by atoms with Crippen LogP contribution in [0.2, 0.25) is 5.15 Å². The lowest BCUT2D eigenvalue weighted by Gasteiger charge is -2.29. The highest BCUT2D eigenvalue weighted by Gasteiger charge is 2.21. The predicted molar refractivity (Wildman–Crippen MR) is 138 cm³/mol. The Morgan fingerprint density at radius 2 is 1.68 bits per heavy atom. The summed E-state index contributed by atoms with van der Waals surface area (Å²) in [4.78, 5) is 45.7. The number of aromatic nitrogens is 4. The van der Waals surface area contributed by atoms with Crippen LogP contribution in [-0.4, -0.2) is 77.9 Å². The highest BCUT2D eigenvalue weighted by molar-refractivity contribution is 6.30. The molecule has 5 rings (SSSR count). The van der Waals surface area contributed by atoms with Gasteiger partial charge in [0.1, 0.15) is 17.6 Å². The minimum absolute atomic E-state index is 0.0688. The molecular weight excluding hydrogens is 500 g/mol. The van der Waals surface area contributed by atoms with Gasteiger partial charge >= 0.3 is 6.03 Å². The topological polar surface area (TPSA) is 135 Å². The monoisotopic (exact) mass is 524 g/mol. The van der Waals surface area contributed by atoms with E-state index in [0.717, 1.165) is 30.2 Å². The first-order chi connectivity index (χ1) is 18.0. The third kappa shape index (κ3) is 5.77. The molecule has 192 valence electrons. The molecule has 0 saturated carbocycles. The summed E-state index contributed by atoms with van der Waals surface area (Å²) in [6.07, 6.45) is 3.06. The molecule has 2 N–H and O–H groups in total. The fraction of sp³-hybridized carbons (Fsp3) is 0.333. The van der Waals surface area contributed by atoms with Gasteiger partial charge in [-0.05, 0) is 31.2 Å². The van der Waals surface area contributed by atoms with Gasteiger partial charge in [-0.3, -0.25) is 10.1 Å². The van der Waals surface area contributed by atoms with Crippen molar-refractivity contribution >= 4 is 46.7 Å². The van der Waals surface area contributed by atoms with Gasteiger partial charge in [-0.1, -0.05) is 11.6 Å². The van der Waals surface area contributed by atoms with Gasteiger partial charge in [0, 0.05) is 49.0 Å². The lowest BCUT2D eigenvalue weighted by molar-refractivity contribution is -0.125. The van der Waals surface area contributed by atoms with Crippen LogP contribution in [0.25, 0.3) is 11.4 Å². The van der Waals surface area contributed by atoms with E-state index in [1.807, 2.05) is 6.92 Å². The number of hydrogen-bond donors (Lipinski definition) is 2. The molecule has 13 heteroatoms. The Balaban J connectivity index is 1.22. The molecule has 1 aromatic carbocycles. The molecule has 0 spiro atoms. The summed E-state index contributed by atoms with van der Waals surface area (Å²) >= 11 is 6.39. The SMILES string of the molecule is Cc1c(Cl)nc(-c2cnc(NC(=O)Nc3ccc(N4CCOCC4=O)cc3)nc2)nc1N1CCOCC1. The summed E-state index contributed by atoms with van der Waals surface area (Å²) in [7, 11) is 0. The zero-order chi connectivity index (χ0) is 25.8. The molecule has 0 bridgehead atoms. The van der Waals surface area contributed by atoms with Crippen LogP contribution < -0.4 is 20.4 Å². The van der Waals surface area contributed by atoms with Crippen molar-refractivity contribution in [1.29, 1.82) is 0 Å². The van der Waals surface area contributed by atoms with Crippen molar-refractivity contribution in [3.8, 4) is 11.4 Å². The maximum absolute atomic E-state index is 12.4. The number of nitrogens with one attached hydrogen (secondary N) is 2. The summed E-state index contributed by atoms with van der Waals surface area (Å²) in [6.45, 7) is 5.62. The fourth-order valence-corrected chi connectivity index (χ4v) is 4.14. The van der Waals surface area contributed by atoms with Crippen molar-refractivity contribution < 1.29 is 19.1 Å². The molecule has 2 aliphatic rings. The number of halogens is 1. The first kappa shape index (κ1) is 24.8. The summed E-state index contributed by atoms with van der Waals surface area (Å²) in [5.41, 5.74) is 2.66. The second-order valence-electron chi connectivity index (χ2n) is 8.41. The van der Waals surface area contributed by atoms with Crippen LogP contribution in [0.3, 0.4) is 0 Å². The Bertz CT molecular complexity index is 1280. The molecule has 2 aliphatic heterocycles. The molecule has 2 fully saturated rings. The van der Waals surface area contributed by atoms with Crippen LogP contribution in [0, 0.1) is 6.92 Å². The Hall–Kier alpha value is -3.87. The maximum atomic E-state index is 12.4. The Kier molecular flexibility index (Phi) is 7.40. The molecule has 2 saturated heterocycles. The summed E-state index contributed by atoms with van der Waals surface area (Å²) in [5.74, 6) is 1.17. The summed E-state index contributed by atoms with van der Waals surface area (Å²) in [6, 6.07) is 6.45. The summed E-state index contributed by atoms with van der Waals surface area (Å²) < 4.78 is 10.6. The number of anilines is 4. The van der Waals surface area contributed by atoms with Crippen LogP contribution in [0.15, 0.2) is 36.7 Å². The van der Waals surface area contributed by atoms with Crippen LogP contribution in [0.1, 0.15) is 5.56 Å². The minimum atomic E-state index is -0.507. The van der Waals surface area contributed by atoms with Crippen molar-refractivity contribution in [2.45, 2.75) is 6.92 Å². The van der Waals surface area contributed by atoms with Gasteiger partial charge in [0.05, 0.1) is 25.4 Å². The van der Waals surface area contributed by atoms with Crippen molar-refractivity contribution in [1.82, 2.24) is 19.9 Å². The Labute approximate surface area is 218 Å². The lowest BCUT2D eigenvalue weighted by Crippen LogP contribution is -2.41. The van der Waals surface area contributed by atoms with E-state index in [2.05, 4.69) is 35.5 Å². The molecule has 0 aliphatic carbocycles. The number of nitrogens with zero attached hydrogens (tertiary/aromatic N) is 6. The zero-order valence-electron chi connectivity index (χ0n) is 20.1. The van der Waals surface area contributed by atoms with Crippen molar-refractivity contribution in [3.63, 3.8) is 0 Å². The number of amides is 3. The van der Waals surface area contributed by atoms with E-state index >= 15 is 0 Å². The van der Waals surface area contributed by atoms with E-state index in [9.17, 15) is 9.59 Å². The number of morpholine rings is 2. The van der Waals surface area contributed by atoms with E-state index in [0.29, 0.717) is 48.6 Å². The van der Waals surface area contributed by atoms with Gasteiger partial charge in [-0.15, -0.1) is 0 Å². The molecule has 0 atom stereocenters. The largest absolute Gasteiger partial charge is 0.378 e. The van der Waals surface area contributed by atoms with Crippen LogP contribution >= 0.6 is 11.6 Å². The number of benzene rings is 1. The minimum Gasteiger partial charge on any atom is -0.378 e. The zero-order valence-corrected chi connectivity index (χ0v) is 20.9. The van der Waals surface area contributed by atoms with E-state index in [4.69, 9.17) is 21.1 Å². The van der Waals surface area contributed by atoms with Crippen LogP contribution in [0.4, 0.5) is 27.9 Å². The number of rotatable bonds is 5. The standard InChI is InChI=1S/C24H25ClN8O4/c1-15-20(25)29-21(30-22(15)32-6-9-36-10-7-32)16-12-26-23(27-13-16)31-24(35)28-17-2-4-18(5-3-17)33-8-11-37-14-19(33)34/h2-5,12-13H,6-11,14H2,1H3,(H2,26,27,28,31,35). The normalized spacial score (nSPS) is 16.0. The van der Waals surface area contributed by atoms with E-state index in [-0.39, 0.29) is 18.5 Å². The Morgan fingerprint density at radius 1 is 0.973 bits per heavy atom. The quantitative estimate of drug-likeness (QED) is 0.483. The van der Waals surface area contributed by atoms with E-state index < -0.39 is 6.03 Å². The third-order valence-electron chi connectivity index (χ3n) is 5.93.